The van der Waals surface area contributed by atoms with Crippen LogP contribution < -0.4 is 10.1 Å². The van der Waals surface area contributed by atoms with Gasteiger partial charge >= 0.3 is 5.97 Å². The molecule has 4 aromatic rings. The summed E-state index contributed by atoms with van der Waals surface area (Å²) in [5.74, 6) is -0.758. The topological polar surface area (TPSA) is 106 Å². The fourth-order valence-corrected chi connectivity index (χ4v) is 4.27. The highest BCUT2D eigenvalue weighted by Crippen LogP contribution is 2.30. The third-order valence-corrected chi connectivity index (χ3v) is 6.23. The first-order valence-electron chi connectivity index (χ1n) is 11.1. The van der Waals surface area contributed by atoms with E-state index in [4.69, 9.17) is 4.74 Å². The Bertz CT molecular complexity index is 1360. The van der Waals surface area contributed by atoms with Crippen molar-refractivity contribution in [2.45, 2.75) is 30.4 Å². The minimum atomic E-state index is -1.08. The number of nitrogens with zero attached hydrogens (tertiary/aromatic N) is 3. The molecule has 0 spiro atoms. The Morgan fingerprint density at radius 2 is 1.72 bits per heavy atom. The van der Waals surface area contributed by atoms with Gasteiger partial charge in [-0.3, -0.25) is 9.36 Å². The molecular weight excluding hydrogens is 483 g/mol. The van der Waals surface area contributed by atoms with Gasteiger partial charge in [-0.05, 0) is 68.4 Å². The number of carboxylic acids is 1. The molecule has 0 aliphatic heterocycles. The zero-order chi connectivity index (χ0) is 25.7. The Labute approximate surface area is 211 Å². The van der Waals surface area contributed by atoms with E-state index in [1.54, 1.807) is 19.1 Å². The Hall–Kier alpha value is -4.18. The summed E-state index contributed by atoms with van der Waals surface area (Å²) in [6.07, 6.45) is -0.527. The minimum absolute atomic E-state index is 0.0803. The number of hydrogen-bond acceptors (Lipinski definition) is 6. The van der Waals surface area contributed by atoms with E-state index in [0.717, 1.165) is 5.69 Å². The zero-order valence-electron chi connectivity index (χ0n) is 19.5. The average molecular weight is 507 g/mol. The molecule has 1 aromatic heterocycles. The standard InChI is InChI=1S/C26H23FN4O4S/c1-16(35-22-13-11-19(27)12-14-22)23-29-30-26(31(23)21-9-4-3-5-10-21)36-17(2)24(32)28-20-8-6-7-18(15-20)25(33)34/h3-17H,1-2H3,(H,28,32)(H,33,34). The van der Waals surface area contributed by atoms with Gasteiger partial charge in [-0.25, -0.2) is 9.18 Å². The molecule has 0 saturated heterocycles. The number of carbonyl (C=O) groups is 2. The Kier molecular flexibility index (Phi) is 7.65. The van der Waals surface area contributed by atoms with Crippen LogP contribution in [0.25, 0.3) is 5.69 Å². The van der Waals surface area contributed by atoms with E-state index in [1.165, 1.54) is 48.2 Å². The number of aromatic nitrogens is 3. The van der Waals surface area contributed by atoms with Gasteiger partial charge in [0.25, 0.3) is 0 Å². The lowest BCUT2D eigenvalue weighted by molar-refractivity contribution is -0.115. The molecule has 0 aliphatic carbocycles. The zero-order valence-corrected chi connectivity index (χ0v) is 20.3. The van der Waals surface area contributed by atoms with E-state index in [9.17, 15) is 19.1 Å². The SMILES string of the molecule is CC(Sc1nnc(C(C)Oc2ccc(F)cc2)n1-c1ccccc1)C(=O)Nc1cccc(C(=O)O)c1. The second kappa shape index (κ2) is 11.0. The molecular formula is C26H23FN4O4S. The van der Waals surface area contributed by atoms with Crippen LogP contribution in [0.1, 0.15) is 36.1 Å². The maximum absolute atomic E-state index is 13.3. The molecule has 0 saturated carbocycles. The number of carboxylic acid groups (broad SMARTS) is 1. The minimum Gasteiger partial charge on any atom is -0.483 e. The van der Waals surface area contributed by atoms with Crippen LogP contribution in [-0.4, -0.2) is 37.0 Å². The van der Waals surface area contributed by atoms with Crippen LogP contribution in [0, 0.1) is 5.82 Å². The first-order valence-corrected chi connectivity index (χ1v) is 11.9. The number of para-hydroxylation sites is 1. The van der Waals surface area contributed by atoms with Crippen molar-refractivity contribution in [3.05, 3.63) is 96.1 Å². The van der Waals surface area contributed by atoms with Crippen molar-refractivity contribution >= 4 is 29.3 Å². The van der Waals surface area contributed by atoms with Crippen molar-refractivity contribution < 1.29 is 23.8 Å². The number of rotatable bonds is 9. The van der Waals surface area contributed by atoms with Crippen LogP contribution in [0.3, 0.4) is 0 Å². The molecule has 0 radical (unpaired) electrons. The van der Waals surface area contributed by atoms with E-state index in [0.29, 0.717) is 22.4 Å². The Morgan fingerprint density at radius 1 is 1.00 bits per heavy atom. The largest absolute Gasteiger partial charge is 0.483 e. The van der Waals surface area contributed by atoms with Crippen LogP contribution in [-0.2, 0) is 4.79 Å². The van der Waals surface area contributed by atoms with Gasteiger partial charge in [-0.2, -0.15) is 0 Å². The van der Waals surface area contributed by atoms with Crippen molar-refractivity contribution in [2.75, 3.05) is 5.32 Å². The molecule has 0 bridgehead atoms. The third kappa shape index (κ3) is 5.89. The first-order chi connectivity index (χ1) is 17.3. The number of carbonyl (C=O) groups excluding carboxylic acids is 1. The van der Waals surface area contributed by atoms with Crippen molar-refractivity contribution in [3.63, 3.8) is 0 Å². The number of nitrogens with one attached hydrogen (secondary N) is 1. The normalized spacial score (nSPS) is 12.5. The molecule has 0 fully saturated rings. The van der Waals surface area contributed by atoms with Gasteiger partial charge in [0.05, 0.1) is 10.8 Å². The number of ether oxygens (including phenoxy) is 1. The van der Waals surface area contributed by atoms with Crippen LogP contribution in [0.15, 0.2) is 84.0 Å². The fraction of sp³-hybridized carbons (Fsp3) is 0.154. The van der Waals surface area contributed by atoms with Gasteiger partial charge in [0.1, 0.15) is 11.6 Å². The van der Waals surface area contributed by atoms with Gasteiger partial charge in [-0.15, -0.1) is 10.2 Å². The molecule has 0 aliphatic rings. The lowest BCUT2D eigenvalue weighted by Gasteiger charge is -2.17. The summed E-state index contributed by atoms with van der Waals surface area (Å²) in [5, 5.41) is 20.5. The van der Waals surface area contributed by atoms with E-state index in [-0.39, 0.29) is 17.3 Å². The number of aromatic carboxylic acids is 1. The van der Waals surface area contributed by atoms with Crippen molar-refractivity contribution in [1.82, 2.24) is 14.8 Å². The van der Waals surface area contributed by atoms with E-state index >= 15 is 0 Å². The molecule has 184 valence electrons. The third-order valence-electron chi connectivity index (χ3n) is 5.19. The highest BCUT2D eigenvalue weighted by molar-refractivity contribution is 8.00. The number of halogens is 1. The highest BCUT2D eigenvalue weighted by atomic mass is 32.2. The predicted molar refractivity (Wildman–Crippen MR) is 134 cm³/mol. The predicted octanol–water partition coefficient (Wildman–Crippen LogP) is 5.36. The molecule has 4 rings (SSSR count). The number of thioether (sulfide) groups is 1. The van der Waals surface area contributed by atoms with E-state index in [2.05, 4.69) is 15.5 Å². The summed E-state index contributed by atoms with van der Waals surface area (Å²) in [7, 11) is 0. The van der Waals surface area contributed by atoms with Gasteiger partial charge in [0, 0.05) is 11.4 Å². The monoisotopic (exact) mass is 506 g/mol. The summed E-state index contributed by atoms with van der Waals surface area (Å²) in [4.78, 5) is 24.1. The molecule has 36 heavy (non-hydrogen) atoms. The second-order valence-corrected chi connectivity index (χ2v) is 9.17. The molecule has 2 atom stereocenters. The maximum Gasteiger partial charge on any atom is 0.335 e. The summed E-state index contributed by atoms with van der Waals surface area (Å²) in [6, 6.07) is 21.2. The molecule has 1 amide bonds. The van der Waals surface area contributed by atoms with Crippen molar-refractivity contribution in [1.29, 1.82) is 0 Å². The van der Waals surface area contributed by atoms with Gasteiger partial charge in [-0.1, -0.05) is 36.0 Å². The number of amides is 1. The molecule has 8 nitrogen and oxygen atoms in total. The number of anilines is 1. The van der Waals surface area contributed by atoms with Crippen LogP contribution in [0.5, 0.6) is 5.75 Å². The van der Waals surface area contributed by atoms with Gasteiger partial charge < -0.3 is 15.2 Å². The molecule has 10 heteroatoms. The lowest BCUT2D eigenvalue weighted by Crippen LogP contribution is -2.23. The van der Waals surface area contributed by atoms with E-state index in [1.807, 2.05) is 41.8 Å². The Morgan fingerprint density at radius 3 is 2.42 bits per heavy atom. The molecule has 2 unspecified atom stereocenters. The van der Waals surface area contributed by atoms with Crippen molar-refractivity contribution in [2.24, 2.45) is 0 Å². The summed E-state index contributed by atoms with van der Waals surface area (Å²) < 4.78 is 21.1. The lowest BCUT2D eigenvalue weighted by atomic mass is 10.2. The molecule has 2 N–H and O–H groups in total. The highest BCUT2D eigenvalue weighted by Gasteiger charge is 2.24. The summed E-state index contributed by atoms with van der Waals surface area (Å²) in [5.41, 5.74) is 1.26. The van der Waals surface area contributed by atoms with Gasteiger partial charge in [0.2, 0.25) is 5.91 Å². The van der Waals surface area contributed by atoms with Gasteiger partial charge in [0.15, 0.2) is 17.1 Å². The maximum atomic E-state index is 13.3. The fourth-order valence-electron chi connectivity index (χ4n) is 3.40. The van der Waals surface area contributed by atoms with Crippen LogP contribution in [0.4, 0.5) is 10.1 Å². The van der Waals surface area contributed by atoms with E-state index < -0.39 is 17.3 Å². The first kappa shape index (κ1) is 24.9. The number of benzene rings is 3. The van der Waals surface area contributed by atoms with Crippen LogP contribution in [0.2, 0.25) is 0 Å². The molecule has 1 heterocycles. The second-order valence-electron chi connectivity index (χ2n) is 7.86. The molecule has 3 aromatic carbocycles. The number of hydrogen-bond donors (Lipinski definition) is 2. The average Bonchev–Trinajstić information content (AvgIpc) is 3.29. The summed E-state index contributed by atoms with van der Waals surface area (Å²) >= 11 is 1.21. The quantitative estimate of drug-likeness (QED) is 0.294. The summed E-state index contributed by atoms with van der Waals surface area (Å²) in [6.45, 7) is 3.54. The van der Waals surface area contributed by atoms with Crippen LogP contribution >= 0.6 is 11.8 Å². The Balaban J connectivity index is 1.56. The smallest absolute Gasteiger partial charge is 0.335 e. The van der Waals surface area contributed by atoms with Crippen molar-refractivity contribution in [3.8, 4) is 11.4 Å².